The van der Waals surface area contributed by atoms with E-state index in [9.17, 15) is 2.74 Å². The van der Waals surface area contributed by atoms with Gasteiger partial charge in [0.2, 0.25) is 0 Å². The highest BCUT2D eigenvalue weighted by molar-refractivity contribution is 7.19. The molecule has 0 aliphatic heterocycles. The van der Waals surface area contributed by atoms with Gasteiger partial charge in [-0.25, -0.2) is 4.98 Å². The van der Waals surface area contributed by atoms with Gasteiger partial charge in [-0.15, -0.1) is 11.3 Å². The summed E-state index contributed by atoms with van der Waals surface area (Å²) in [6, 6.07) is 35.6. The normalized spacial score (nSPS) is 13.9. The number of thiazole rings is 1. The highest BCUT2D eigenvalue weighted by Gasteiger charge is 2.28. The largest absolute Gasteiger partial charge is 0.456 e. The standard InChI is InChI=1S/C43H26N2OS/c1-3-10-27(11-4-1)28-18-20-31(21-19-28)45(32-22-23-39-36(25-32)34-15-7-8-17-38(34)46-39)33-24-30-14-9-16-35-40(30)37(26-33)42-41(35)44-43(47-42)29-12-5-2-6-13-29/h1-26H/i7D,8D,15D,17D,22D,23D,25D. The fourth-order valence-corrected chi connectivity index (χ4v) is 7.66. The molecule has 0 fully saturated rings. The first-order valence-corrected chi connectivity index (χ1v) is 16.0. The molecular formula is C43H26N2OS. The first kappa shape index (κ1) is 20.2. The van der Waals surface area contributed by atoms with Gasteiger partial charge in [-0.3, -0.25) is 0 Å². The summed E-state index contributed by atoms with van der Waals surface area (Å²) in [5.74, 6) is 0. The van der Waals surface area contributed by atoms with Crippen molar-refractivity contribution in [3.05, 3.63) is 158 Å². The van der Waals surface area contributed by atoms with Crippen molar-refractivity contribution in [1.82, 2.24) is 4.98 Å². The molecule has 0 spiro atoms. The van der Waals surface area contributed by atoms with E-state index < -0.39 is 18.1 Å². The topological polar surface area (TPSA) is 29.3 Å². The lowest BCUT2D eigenvalue weighted by Crippen LogP contribution is -2.10. The summed E-state index contributed by atoms with van der Waals surface area (Å²) in [5.41, 5.74) is 7.08. The number of nitrogens with zero attached hydrogens (tertiary/aromatic N) is 2. The third-order valence-electron chi connectivity index (χ3n) is 8.70. The Morgan fingerprint density at radius 2 is 1.34 bits per heavy atom. The molecule has 47 heavy (non-hydrogen) atoms. The second-order valence-electron chi connectivity index (χ2n) is 11.4. The van der Waals surface area contributed by atoms with Crippen molar-refractivity contribution in [1.29, 1.82) is 0 Å². The Morgan fingerprint density at radius 3 is 2.17 bits per heavy atom. The zero-order valence-corrected chi connectivity index (χ0v) is 25.5. The molecule has 0 atom stereocenters. The number of furan rings is 1. The summed E-state index contributed by atoms with van der Waals surface area (Å²) >= 11 is 1.62. The molecule has 1 aliphatic rings. The van der Waals surface area contributed by atoms with Crippen LogP contribution in [-0.4, -0.2) is 4.98 Å². The number of hydrogen-bond acceptors (Lipinski definition) is 4. The van der Waals surface area contributed by atoms with Gasteiger partial charge in [0.15, 0.2) is 0 Å². The molecule has 7 aromatic carbocycles. The monoisotopic (exact) mass is 625 g/mol. The fraction of sp³-hybridized carbons (Fsp3) is 0. The number of para-hydroxylation sites is 1. The molecular weight excluding hydrogens is 593 g/mol. The van der Waals surface area contributed by atoms with Crippen LogP contribution < -0.4 is 4.90 Å². The van der Waals surface area contributed by atoms with E-state index in [1.807, 2.05) is 103 Å². The summed E-state index contributed by atoms with van der Waals surface area (Å²) in [7, 11) is 0. The molecule has 0 N–H and O–H groups in total. The van der Waals surface area contributed by atoms with Crippen LogP contribution in [0.4, 0.5) is 17.1 Å². The lowest BCUT2D eigenvalue weighted by Gasteiger charge is -2.26. The van der Waals surface area contributed by atoms with Crippen molar-refractivity contribution in [3.8, 4) is 43.4 Å². The Morgan fingerprint density at radius 1 is 0.596 bits per heavy atom. The smallest absolute Gasteiger partial charge is 0.135 e. The van der Waals surface area contributed by atoms with E-state index in [1.165, 1.54) is 0 Å². The lowest BCUT2D eigenvalue weighted by molar-refractivity contribution is 0.669. The van der Waals surface area contributed by atoms with Gasteiger partial charge in [-0.2, -0.15) is 0 Å². The maximum Gasteiger partial charge on any atom is 0.135 e. The van der Waals surface area contributed by atoms with Gasteiger partial charge in [-0.05, 0) is 70.3 Å². The van der Waals surface area contributed by atoms with Crippen molar-refractivity contribution >= 4 is 61.1 Å². The minimum Gasteiger partial charge on any atom is -0.456 e. The van der Waals surface area contributed by atoms with E-state index in [4.69, 9.17) is 16.3 Å². The average molecular weight is 626 g/mol. The van der Waals surface area contributed by atoms with Crippen LogP contribution in [0.5, 0.6) is 0 Å². The predicted molar refractivity (Wildman–Crippen MR) is 197 cm³/mol. The molecule has 3 nitrogen and oxygen atoms in total. The van der Waals surface area contributed by atoms with Crippen molar-refractivity contribution in [3.63, 3.8) is 0 Å². The van der Waals surface area contributed by atoms with Gasteiger partial charge in [0.05, 0.1) is 20.2 Å². The predicted octanol–water partition coefficient (Wildman–Crippen LogP) is 12.6. The van der Waals surface area contributed by atoms with Gasteiger partial charge < -0.3 is 9.32 Å². The van der Waals surface area contributed by atoms with Crippen LogP contribution in [0.3, 0.4) is 0 Å². The van der Waals surface area contributed by atoms with Gasteiger partial charge >= 0.3 is 0 Å². The Bertz CT molecular complexity index is 3020. The molecule has 0 saturated heterocycles. The molecule has 4 heteroatoms. The SMILES string of the molecule is [2H]c1c([2H])c([2H])c2c(oc3c([2H])c([2H])c(N(c4ccc(-c5ccccc5)cc4)c4cc5c6c(cccc6c4)-c4nc(-c6ccccc6)sc4-5)c([2H])c32)c1[2H]. The van der Waals surface area contributed by atoms with Gasteiger partial charge in [0.1, 0.15) is 16.2 Å². The van der Waals surface area contributed by atoms with Crippen LogP contribution >= 0.6 is 11.3 Å². The highest BCUT2D eigenvalue weighted by Crippen LogP contribution is 2.53. The molecule has 2 aromatic heterocycles. The third kappa shape index (κ3) is 4.16. The van der Waals surface area contributed by atoms with E-state index >= 15 is 0 Å². The van der Waals surface area contributed by atoms with Crippen molar-refractivity contribution in [2.75, 3.05) is 4.90 Å². The number of fused-ring (bicyclic) bond motifs is 6. The number of hydrogen-bond donors (Lipinski definition) is 0. The second-order valence-corrected chi connectivity index (χ2v) is 12.4. The summed E-state index contributed by atoms with van der Waals surface area (Å²) in [6.07, 6.45) is 0. The maximum atomic E-state index is 9.69. The van der Waals surface area contributed by atoms with Crippen LogP contribution in [0.15, 0.2) is 162 Å². The summed E-state index contributed by atoms with van der Waals surface area (Å²) < 4.78 is 68.1. The Balaban J connectivity index is 1.26. The van der Waals surface area contributed by atoms with Crippen molar-refractivity contribution in [2.45, 2.75) is 0 Å². The molecule has 0 saturated carbocycles. The van der Waals surface area contributed by atoms with E-state index in [0.29, 0.717) is 11.4 Å². The summed E-state index contributed by atoms with van der Waals surface area (Å²) in [4.78, 5) is 7.93. The van der Waals surface area contributed by atoms with Crippen LogP contribution in [-0.2, 0) is 0 Å². The molecule has 0 unspecified atom stereocenters. The van der Waals surface area contributed by atoms with Crippen LogP contribution in [0.1, 0.15) is 9.60 Å². The highest BCUT2D eigenvalue weighted by atomic mass is 32.1. The third-order valence-corrected chi connectivity index (χ3v) is 9.83. The average Bonchev–Trinajstić information content (AvgIpc) is 3.91. The number of rotatable bonds is 5. The van der Waals surface area contributed by atoms with Gasteiger partial charge in [-0.1, -0.05) is 109 Å². The molecule has 0 radical (unpaired) electrons. The number of aromatic nitrogens is 1. The van der Waals surface area contributed by atoms with Crippen LogP contribution in [0, 0.1) is 0 Å². The Labute approximate surface area is 285 Å². The molecule has 1 aliphatic carbocycles. The summed E-state index contributed by atoms with van der Waals surface area (Å²) in [6.45, 7) is 0. The van der Waals surface area contributed by atoms with E-state index in [0.717, 1.165) is 54.2 Å². The Kier molecular flexibility index (Phi) is 4.42. The zero-order chi connectivity index (χ0) is 37.0. The molecule has 10 rings (SSSR count). The molecule has 2 heterocycles. The molecule has 0 amide bonds. The second kappa shape index (κ2) is 10.3. The minimum absolute atomic E-state index is 0.0135. The zero-order valence-electron chi connectivity index (χ0n) is 31.7. The van der Waals surface area contributed by atoms with E-state index in [2.05, 4.69) is 12.1 Å². The first-order chi connectivity index (χ1) is 26.2. The molecule has 220 valence electrons. The molecule has 9 aromatic rings. The first-order valence-electron chi connectivity index (χ1n) is 18.7. The number of anilines is 3. The van der Waals surface area contributed by atoms with Gasteiger partial charge in [0, 0.05) is 44.5 Å². The lowest BCUT2D eigenvalue weighted by atomic mass is 10.0. The van der Waals surface area contributed by atoms with Crippen LogP contribution in [0.25, 0.3) is 76.1 Å². The quantitative estimate of drug-likeness (QED) is 0.191. The van der Waals surface area contributed by atoms with Crippen LogP contribution in [0.2, 0.25) is 0 Å². The van der Waals surface area contributed by atoms with Crippen molar-refractivity contribution < 1.29 is 14.0 Å². The van der Waals surface area contributed by atoms with E-state index in [-0.39, 0.29) is 51.8 Å². The molecule has 0 bridgehead atoms. The number of benzene rings is 7. The summed E-state index contributed by atoms with van der Waals surface area (Å²) in [5, 5.41) is 3.00. The maximum absolute atomic E-state index is 9.69. The van der Waals surface area contributed by atoms with E-state index in [1.54, 1.807) is 16.2 Å². The fourth-order valence-electron chi connectivity index (χ4n) is 6.55. The van der Waals surface area contributed by atoms with Gasteiger partial charge in [0.25, 0.3) is 0 Å². The van der Waals surface area contributed by atoms with Crippen molar-refractivity contribution in [2.24, 2.45) is 0 Å². The minimum atomic E-state index is -0.470. The Hall–Kier alpha value is -5.97.